The summed E-state index contributed by atoms with van der Waals surface area (Å²) in [7, 11) is 0. The van der Waals surface area contributed by atoms with Gasteiger partial charge in [0.2, 0.25) is 0 Å². The van der Waals surface area contributed by atoms with Crippen molar-refractivity contribution in [1.82, 2.24) is 0 Å². The number of anilines is 1. The first-order valence-corrected chi connectivity index (χ1v) is 10.4. The molecular weight excluding hydrogens is 417 g/mol. The minimum Gasteiger partial charge on any atom is -0.460 e. The Morgan fingerprint density at radius 3 is 2.48 bits per heavy atom. The molecule has 0 aliphatic heterocycles. The predicted octanol–water partition coefficient (Wildman–Crippen LogP) is 5.95. The Hall–Kier alpha value is -4.24. The monoisotopic (exact) mass is 441 g/mol. The third-order valence-electron chi connectivity index (χ3n) is 5.02. The van der Waals surface area contributed by atoms with Crippen LogP contribution in [0.5, 0.6) is 0 Å². The van der Waals surface area contributed by atoms with E-state index in [4.69, 9.17) is 10.00 Å². The molecule has 0 unspecified atom stereocenters. The zero-order valence-corrected chi connectivity index (χ0v) is 18.3. The van der Waals surface area contributed by atoms with E-state index in [-0.39, 0.29) is 24.2 Å². The number of Topliss-reactive ketones (excluding diaryl/α,β-unsaturated/α-hetero) is 1. The first kappa shape index (κ1) is 23.4. The van der Waals surface area contributed by atoms with Crippen LogP contribution in [-0.2, 0) is 17.8 Å². The highest BCUT2D eigenvalue weighted by Gasteiger charge is 2.11. The van der Waals surface area contributed by atoms with Crippen LogP contribution in [0.4, 0.5) is 10.1 Å². The lowest BCUT2D eigenvalue weighted by atomic mass is 10.0. The zero-order valence-electron chi connectivity index (χ0n) is 18.3. The SMILES string of the molecule is C=CN=C(Nc1cc(C(=O)CCc2ccc(F)cc2)ccc1C)OCc1ccc(C#N)cc1. The van der Waals surface area contributed by atoms with Crippen LogP contribution in [-0.4, -0.2) is 11.8 Å². The largest absolute Gasteiger partial charge is 0.460 e. The van der Waals surface area contributed by atoms with Crippen molar-refractivity contribution < 1.29 is 13.9 Å². The van der Waals surface area contributed by atoms with Crippen LogP contribution < -0.4 is 5.32 Å². The first-order valence-electron chi connectivity index (χ1n) is 10.4. The van der Waals surface area contributed by atoms with Gasteiger partial charge < -0.3 is 10.1 Å². The highest BCUT2D eigenvalue weighted by molar-refractivity contribution is 5.98. The van der Waals surface area contributed by atoms with E-state index in [1.807, 2.05) is 25.1 Å². The fourth-order valence-electron chi connectivity index (χ4n) is 3.11. The van der Waals surface area contributed by atoms with E-state index < -0.39 is 0 Å². The number of carbonyl (C=O) groups excluding carboxylic acids is 1. The van der Waals surface area contributed by atoms with Crippen molar-refractivity contribution in [3.05, 3.63) is 113 Å². The summed E-state index contributed by atoms with van der Waals surface area (Å²) in [6.07, 6.45) is 2.22. The summed E-state index contributed by atoms with van der Waals surface area (Å²) >= 11 is 0. The Labute approximate surface area is 192 Å². The molecule has 0 saturated heterocycles. The average molecular weight is 442 g/mol. The Bertz CT molecular complexity index is 1190. The van der Waals surface area contributed by atoms with E-state index in [0.29, 0.717) is 29.7 Å². The average Bonchev–Trinajstić information content (AvgIpc) is 2.83. The van der Waals surface area contributed by atoms with Crippen LogP contribution in [0.25, 0.3) is 0 Å². The maximum absolute atomic E-state index is 13.1. The molecule has 0 heterocycles. The van der Waals surface area contributed by atoms with Crippen molar-refractivity contribution in [2.24, 2.45) is 4.99 Å². The summed E-state index contributed by atoms with van der Waals surface area (Å²) in [4.78, 5) is 16.9. The van der Waals surface area contributed by atoms with E-state index in [2.05, 4.69) is 23.0 Å². The molecule has 0 bridgehead atoms. The molecule has 6 heteroatoms. The van der Waals surface area contributed by atoms with Crippen LogP contribution in [0.3, 0.4) is 0 Å². The summed E-state index contributed by atoms with van der Waals surface area (Å²) in [5, 5.41) is 12.0. The number of aryl methyl sites for hydroxylation is 2. The molecule has 0 spiro atoms. The second-order valence-electron chi connectivity index (χ2n) is 7.42. The van der Waals surface area contributed by atoms with Crippen molar-refractivity contribution >= 4 is 17.5 Å². The smallest absolute Gasteiger partial charge is 0.294 e. The Kier molecular flexibility index (Phi) is 8.09. The third kappa shape index (κ3) is 6.88. The van der Waals surface area contributed by atoms with Gasteiger partial charge in [-0.2, -0.15) is 5.26 Å². The number of rotatable bonds is 8. The van der Waals surface area contributed by atoms with Crippen LogP contribution in [0.2, 0.25) is 0 Å². The molecule has 166 valence electrons. The van der Waals surface area contributed by atoms with Gasteiger partial charge in [0.1, 0.15) is 12.4 Å². The molecule has 3 aromatic rings. The van der Waals surface area contributed by atoms with Crippen molar-refractivity contribution in [3.63, 3.8) is 0 Å². The number of benzene rings is 3. The summed E-state index contributed by atoms with van der Waals surface area (Å²) in [5.74, 6) is -0.305. The van der Waals surface area contributed by atoms with Gasteiger partial charge in [0.05, 0.1) is 11.6 Å². The number of ketones is 1. The normalized spacial score (nSPS) is 10.9. The minimum atomic E-state index is -0.294. The summed E-state index contributed by atoms with van der Waals surface area (Å²) in [6, 6.07) is 21.0. The fraction of sp³-hybridized carbons (Fsp3) is 0.148. The number of nitrogens with one attached hydrogen (secondary N) is 1. The number of nitrogens with zero attached hydrogens (tertiary/aromatic N) is 2. The molecule has 0 aliphatic carbocycles. The van der Waals surface area contributed by atoms with Crippen LogP contribution in [0.15, 0.2) is 84.5 Å². The molecular formula is C27H24FN3O2. The molecule has 0 radical (unpaired) electrons. The minimum absolute atomic E-state index is 0.0110. The van der Waals surface area contributed by atoms with Crippen molar-refractivity contribution in [1.29, 1.82) is 5.26 Å². The molecule has 0 fully saturated rings. The van der Waals surface area contributed by atoms with Gasteiger partial charge in [0.15, 0.2) is 5.78 Å². The number of nitriles is 1. The second kappa shape index (κ2) is 11.4. The van der Waals surface area contributed by atoms with E-state index in [1.165, 1.54) is 18.3 Å². The van der Waals surface area contributed by atoms with Crippen LogP contribution in [0.1, 0.15) is 39.0 Å². The summed E-state index contributed by atoms with van der Waals surface area (Å²) in [6.45, 7) is 5.79. The van der Waals surface area contributed by atoms with Crippen molar-refractivity contribution in [2.45, 2.75) is 26.4 Å². The van der Waals surface area contributed by atoms with Gasteiger partial charge >= 0.3 is 0 Å². The number of halogens is 1. The molecule has 1 N–H and O–H groups in total. The Morgan fingerprint density at radius 1 is 1.12 bits per heavy atom. The third-order valence-corrected chi connectivity index (χ3v) is 5.02. The van der Waals surface area contributed by atoms with E-state index >= 15 is 0 Å². The standard InChI is InChI=1S/C27H24FN3O2/c1-3-30-27(33-18-22-7-5-21(17-29)6-8-22)31-25-16-23(12-4-19(25)2)26(32)15-11-20-9-13-24(28)14-10-20/h3-10,12-14,16H,1,11,15,18H2,2H3,(H,30,31). The lowest BCUT2D eigenvalue weighted by Gasteiger charge is -2.14. The number of hydrogen-bond acceptors (Lipinski definition) is 4. The Morgan fingerprint density at radius 2 is 1.82 bits per heavy atom. The van der Waals surface area contributed by atoms with Gasteiger partial charge in [-0.25, -0.2) is 9.38 Å². The fourth-order valence-corrected chi connectivity index (χ4v) is 3.11. The molecule has 3 rings (SSSR count). The van der Waals surface area contributed by atoms with E-state index in [0.717, 1.165) is 16.7 Å². The van der Waals surface area contributed by atoms with Crippen molar-refractivity contribution in [2.75, 3.05) is 5.32 Å². The Balaban J connectivity index is 1.66. The number of carbonyl (C=O) groups is 1. The van der Waals surface area contributed by atoms with Gasteiger partial charge in [-0.05, 0) is 60.4 Å². The maximum Gasteiger partial charge on any atom is 0.294 e. The lowest BCUT2D eigenvalue weighted by molar-refractivity contribution is 0.0983. The molecule has 3 aromatic carbocycles. The highest BCUT2D eigenvalue weighted by atomic mass is 19.1. The quantitative estimate of drug-likeness (QED) is 0.266. The van der Waals surface area contributed by atoms with E-state index in [1.54, 1.807) is 36.4 Å². The van der Waals surface area contributed by atoms with Gasteiger partial charge in [-0.3, -0.25) is 4.79 Å². The highest BCUT2D eigenvalue weighted by Crippen LogP contribution is 2.20. The van der Waals surface area contributed by atoms with Crippen LogP contribution in [0, 0.1) is 24.1 Å². The maximum atomic E-state index is 13.1. The number of ether oxygens (including phenoxy) is 1. The van der Waals surface area contributed by atoms with Crippen LogP contribution >= 0.6 is 0 Å². The zero-order chi connectivity index (χ0) is 23.6. The van der Waals surface area contributed by atoms with Crippen molar-refractivity contribution in [3.8, 4) is 6.07 Å². The summed E-state index contributed by atoms with van der Waals surface area (Å²) < 4.78 is 18.8. The number of aliphatic imine (C=N–C) groups is 1. The number of amidine groups is 1. The molecule has 33 heavy (non-hydrogen) atoms. The van der Waals surface area contributed by atoms with Gasteiger partial charge in [-0.15, -0.1) is 0 Å². The molecule has 5 nitrogen and oxygen atoms in total. The first-order chi connectivity index (χ1) is 16.0. The molecule has 0 aliphatic rings. The van der Waals surface area contributed by atoms with Gasteiger partial charge in [-0.1, -0.05) is 43.0 Å². The molecule has 0 amide bonds. The number of hydrogen-bond donors (Lipinski definition) is 1. The van der Waals surface area contributed by atoms with Gasteiger partial charge in [0.25, 0.3) is 6.02 Å². The summed E-state index contributed by atoms with van der Waals surface area (Å²) in [5.41, 5.74) is 4.55. The topological polar surface area (TPSA) is 74.5 Å². The molecule has 0 atom stereocenters. The predicted molar refractivity (Wildman–Crippen MR) is 127 cm³/mol. The molecule has 0 aromatic heterocycles. The van der Waals surface area contributed by atoms with E-state index in [9.17, 15) is 9.18 Å². The molecule has 0 saturated carbocycles. The lowest BCUT2D eigenvalue weighted by Crippen LogP contribution is -2.17. The second-order valence-corrected chi connectivity index (χ2v) is 7.42. The van der Waals surface area contributed by atoms with Gasteiger partial charge in [0, 0.05) is 23.9 Å².